The van der Waals surface area contributed by atoms with Gasteiger partial charge in [0, 0.05) is 12.5 Å². The minimum atomic E-state index is -0.413. The summed E-state index contributed by atoms with van der Waals surface area (Å²) in [5.41, 5.74) is 1.35. The smallest absolute Gasteiger partial charge is 0.228 e. The number of hydrogen-bond acceptors (Lipinski definition) is 2. The highest BCUT2D eigenvalue weighted by molar-refractivity contribution is 6.43. The lowest BCUT2D eigenvalue weighted by Crippen LogP contribution is -2.10. The van der Waals surface area contributed by atoms with E-state index in [4.69, 9.17) is 0 Å². The average Bonchev–Trinajstić information content (AvgIpc) is 2.44. The van der Waals surface area contributed by atoms with Crippen molar-refractivity contribution < 1.29 is 9.59 Å². The first-order valence-corrected chi connectivity index (χ1v) is 7.65. The molecule has 0 amide bonds. The maximum Gasteiger partial charge on any atom is 0.228 e. The van der Waals surface area contributed by atoms with Gasteiger partial charge < -0.3 is 0 Å². The minimum absolute atomic E-state index is 0.409. The zero-order valence-corrected chi connectivity index (χ0v) is 13.4. The number of aryl methyl sites for hydroxylation is 1. The van der Waals surface area contributed by atoms with Crippen molar-refractivity contribution in [3.8, 4) is 0 Å². The molecule has 1 aromatic rings. The average molecular weight is 276 g/mol. The Hall–Kier alpha value is -1.44. The van der Waals surface area contributed by atoms with Gasteiger partial charge in [-0.15, -0.1) is 0 Å². The third kappa shape index (κ3) is 7.88. The van der Waals surface area contributed by atoms with Gasteiger partial charge in [-0.3, -0.25) is 9.59 Å². The summed E-state index contributed by atoms with van der Waals surface area (Å²) in [6.07, 6.45) is 8.49. The van der Waals surface area contributed by atoms with Gasteiger partial charge in [-0.2, -0.15) is 0 Å². The van der Waals surface area contributed by atoms with Crippen molar-refractivity contribution in [1.82, 2.24) is 0 Å². The van der Waals surface area contributed by atoms with Crippen LogP contribution in [-0.2, 0) is 4.79 Å². The fourth-order valence-electron chi connectivity index (χ4n) is 1.87. The Bertz CT molecular complexity index is 402. The van der Waals surface area contributed by atoms with Crippen LogP contribution in [-0.4, -0.2) is 11.6 Å². The van der Waals surface area contributed by atoms with Crippen molar-refractivity contribution >= 4 is 11.6 Å². The quantitative estimate of drug-likeness (QED) is 0.393. The van der Waals surface area contributed by atoms with Crippen LogP contribution in [0, 0.1) is 6.92 Å². The molecule has 112 valence electrons. The van der Waals surface area contributed by atoms with Crippen LogP contribution in [0.4, 0.5) is 0 Å². The molecule has 0 atom stereocenters. The van der Waals surface area contributed by atoms with Crippen LogP contribution in [0.2, 0.25) is 0 Å². The maximum atomic E-state index is 11.2. The summed E-state index contributed by atoms with van der Waals surface area (Å²) >= 11 is 0. The Morgan fingerprint density at radius 2 is 1.40 bits per heavy atom. The highest BCUT2D eigenvalue weighted by Crippen LogP contribution is 2.07. The van der Waals surface area contributed by atoms with Gasteiger partial charge in [0.25, 0.3) is 0 Å². The zero-order valence-electron chi connectivity index (χ0n) is 13.4. The molecule has 20 heavy (non-hydrogen) atoms. The van der Waals surface area contributed by atoms with Crippen molar-refractivity contribution in [1.29, 1.82) is 0 Å². The summed E-state index contributed by atoms with van der Waals surface area (Å²) < 4.78 is 0. The van der Waals surface area contributed by atoms with Gasteiger partial charge in [-0.1, -0.05) is 76.6 Å². The number of carbonyl (C=O) groups excluding carboxylic acids is 2. The molecule has 0 aliphatic carbocycles. The minimum Gasteiger partial charge on any atom is -0.291 e. The van der Waals surface area contributed by atoms with E-state index in [2.05, 4.69) is 13.8 Å². The largest absolute Gasteiger partial charge is 0.291 e. The van der Waals surface area contributed by atoms with Crippen LogP contribution in [0.1, 0.15) is 75.2 Å². The fourth-order valence-corrected chi connectivity index (χ4v) is 1.87. The summed E-state index contributed by atoms with van der Waals surface area (Å²) in [5.74, 6) is -0.822. The van der Waals surface area contributed by atoms with E-state index in [9.17, 15) is 9.59 Å². The van der Waals surface area contributed by atoms with Crippen molar-refractivity contribution in [3.63, 3.8) is 0 Å². The molecule has 0 aliphatic heterocycles. The van der Waals surface area contributed by atoms with E-state index in [0.29, 0.717) is 5.56 Å². The standard InChI is InChI=1S/C10H10O2.C8H18/c1-7-5-3-4-6-9(7)10(12)8(2)11;1-3-5-7-8-6-4-2/h3-6H,1-2H3;3-8H2,1-2H3. The topological polar surface area (TPSA) is 34.1 Å². The normalized spacial score (nSPS) is 9.60. The van der Waals surface area contributed by atoms with Gasteiger partial charge in [-0.05, 0) is 12.5 Å². The predicted molar refractivity (Wildman–Crippen MR) is 85.2 cm³/mol. The SMILES string of the molecule is CC(=O)C(=O)c1ccccc1C.CCCCCCCC. The highest BCUT2D eigenvalue weighted by Gasteiger charge is 2.12. The van der Waals surface area contributed by atoms with Crippen LogP contribution in [0.25, 0.3) is 0 Å². The van der Waals surface area contributed by atoms with Crippen LogP contribution in [0.5, 0.6) is 0 Å². The predicted octanol–water partition coefficient (Wildman–Crippen LogP) is 5.13. The van der Waals surface area contributed by atoms with E-state index in [-0.39, 0.29) is 0 Å². The second-order valence-corrected chi connectivity index (χ2v) is 5.11. The Balaban J connectivity index is 0.000000396. The number of rotatable bonds is 7. The summed E-state index contributed by atoms with van der Waals surface area (Å²) in [6, 6.07) is 7.07. The molecule has 0 radical (unpaired) electrons. The van der Waals surface area contributed by atoms with E-state index >= 15 is 0 Å². The van der Waals surface area contributed by atoms with Gasteiger partial charge in [0.2, 0.25) is 5.78 Å². The van der Waals surface area contributed by atoms with Crippen LogP contribution < -0.4 is 0 Å². The third-order valence-corrected chi connectivity index (χ3v) is 3.17. The summed E-state index contributed by atoms with van der Waals surface area (Å²) in [5, 5.41) is 0. The molecule has 2 nitrogen and oxygen atoms in total. The molecule has 0 aromatic heterocycles. The number of carbonyl (C=O) groups is 2. The van der Waals surface area contributed by atoms with Gasteiger partial charge in [0.05, 0.1) is 0 Å². The molecule has 0 saturated heterocycles. The van der Waals surface area contributed by atoms with E-state index in [0.717, 1.165) is 5.56 Å². The molecule has 0 bridgehead atoms. The fraction of sp³-hybridized carbons (Fsp3) is 0.556. The molecule has 2 heteroatoms. The highest BCUT2D eigenvalue weighted by atomic mass is 16.2. The molecule has 0 heterocycles. The molecule has 1 aromatic carbocycles. The lowest BCUT2D eigenvalue weighted by molar-refractivity contribution is -0.113. The van der Waals surface area contributed by atoms with Crippen molar-refractivity contribution in [2.24, 2.45) is 0 Å². The second-order valence-electron chi connectivity index (χ2n) is 5.11. The molecule has 0 spiro atoms. The van der Waals surface area contributed by atoms with Gasteiger partial charge in [0.15, 0.2) is 5.78 Å². The number of unbranched alkanes of at least 4 members (excludes halogenated alkanes) is 5. The van der Waals surface area contributed by atoms with E-state index in [1.165, 1.54) is 45.4 Å². The summed E-state index contributed by atoms with van der Waals surface area (Å²) in [6.45, 7) is 7.61. The molecular formula is C18H28O2. The zero-order chi connectivity index (χ0) is 15.4. The van der Waals surface area contributed by atoms with Crippen molar-refractivity contribution in [2.75, 3.05) is 0 Å². The van der Waals surface area contributed by atoms with Gasteiger partial charge in [-0.25, -0.2) is 0 Å². The first-order valence-electron chi connectivity index (χ1n) is 7.65. The second kappa shape index (κ2) is 11.4. The molecule has 0 aliphatic rings. The van der Waals surface area contributed by atoms with Crippen LogP contribution in [0.15, 0.2) is 24.3 Å². The number of hydrogen-bond donors (Lipinski definition) is 0. The molecule has 0 saturated carbocycles. The number of benzene rings is 1. The van der Waals surface area contributed by atoms with Crippen molar-refractivity contribution in [2.45, 2.75) is 66.2 Å². The summed E-state index contributed by atoms with van der Waals surface area (Å²) in [7, 11) is 0. The summed E-state index contributed by atoms with van der Waals surface area (Å²) in [4.78, 5) is 22.0. The van der Waals surface area contributed by atoms with Crippen LogP contribution >= 0.6 is 0 Å². The van der Waals surface area contributed by atoms with Crippen molar-refractivity contribution in [3.05, 3.63) is 35.4 Å². The number of ketones is 2. The Morgan fingerprint density at radius 1 is 0.900 bits per heavy atom. The monoisotopic (exact) mass is 276 g/mol. The van der Waals surface area contributed by atoms with Gasteiger partial charge in [0.1, 0.15) is 0 Å². The lowest BCUT2D eigenvalue weighted by atomic mass is 10.0. The molecule has 0 N–H and O–H groups in total. The molecule has 0 unspecified atom stereocenters. The van der Waals surface area contributed by atoms with E-state index in [1.807, 2.05) is 19.1 Å². The molecule has 0 fully saturated rings. The van der Waals surface area contributed by atoms with E-state index in [1.54, 1.807) is 12.1 Å². The first kappa shape index (κ1) is 18.6. The number of Topliss-reactive ketones (excluding diaryl/α,β-unsaturated/α-hetero) is 2. The maximum absolute atomic E-state index is 11.2. The molecular weight excluding hydrogens is 248 g/mol. The van der Waals surface area contributed by atoms with E-state index < -0.39 is 11.6 Å². The Morgan fingerprint density at radius 3 is 1.80 bits per heavy atom. The third-order valence-electron chi connectivity index (χ3n) is 3.17. The Kier molecular flexibility index (Phi) is 10.6. The lowest BCUT2D eigenvalue weighted by Gasteiger charge is -1.99. The van der Waals surface area contributed by atoms with Gasteiger partial charge >= 0.3 is 0 Å². The Labute approximate surface area is 123 Å². The van der Waals surface area contributed by atoms with Crippen LogP contribution in [0.3, 0.4) is 0 Å². The first-order chi connectivity index (χ1) is 9.54. The molecule has 1 rings (SSSR count).